The van der Waals surface area contributed by atoms with Crippen molar-refractivity contribution in [3.05, 3.63) is 83.8 Å². The van der Waals surface area contributed by atoms with E-state index in [1.165, 1.54) is 11.8 Å². The van der Waals surface area contributed by atoms with Gasteiger partial charge in [-0.15, -0.1) is 0 Å². The maximum absolute atomic E-state index is 12.3. The van der Waals surface area contributed by atoms with E-state index in [-0.39, 0.29) is 5.91 Å². The number of amides is 1. The van der Waals surface area contributed by atoms with Crippen LogP contribution in [0.4, 0.5) is 0 Å². The van der Waals surface area contributed by atoms with E-state index >= 15 is 0 Å². The molecule has 7 heteroatoms. The monoisotopic (exact) mass is 486 g/mol. The molecule has 1 amide bonds. The van der Waals surface area contributed by atoms with Crippen LogP contribution in [0, 0.1) is 0 Å². The molecule has 2 heterocycles. The summed E-state index contributed by atoms with van der Waals surface area (Å²) in [5, 5.41) is 19.4. The molecule has 0 aliphatic rings. The number of pyridine rings is 1. The number of carbonyl (C=O) groups excluding carboxylic acids is 1. The quantitative estimate of drug-likeness (QED) is 0.262. The molecule has 0 bridgehead atoms. The van der Waals surface area contributed by atoms with Crippen LogP contribution in [0.5, 0.6) is 0 Å². The Hall–Kier alpha value is -3.42. The second kappa shape index (κ2) is 11.8. The van der Waals surface area contributed by atoms with E-state index in [2.05, 4.69) is 17.2 Å². The van der Waals surface area contributed by atoms with Crippen molar-refractivity contribution in [3.8, 4) is 0 Å². The molecular formula is C28H30N4O2S. The van der Waals surface area contributed by atoms with Crippen molar-refractivity contribution in [1.29, 1.82) is 0 Å². The molecule has 6 nitrogen and oxygen atoms in total. The Labute approximate surface area is 210 Å². The average molecular weight is 487 g/mol. The molecule has 1 atom stereocenters. The zero-order chi connectivity index (χ0) is 24.6. The van der Waals surface area contributed by atoms with Crippen LogP contribution in [0.25, 0.3) is 23.1 Å². The molecule has 0 aliphatic heterocycles. The van der Waals surface area contributed by atoms with Crippen LogP contribution in [0.1, 0.15) is 60.6 Å². The van der Waals surface area contributed by atoms with E-state index in [0.717, 1.165) is 51.3 Å². The third-order valence-electron chi connectivity index (χ3n) is 5.74. The molecular weight excluding hydrogens is 456 g/mol. The first-order valence-electron chi connectivity index (χ1n) is 11.9. The molecule has 0 radical (unpaired) electrons. The van der Waals surface area contributed by atoms with E-state index in [0.29, 0.717) is 12.0 Å². The molecule has 2 aromatic carbocycles. The first kappa shape index (κ1) is 24.7. The zero-order valence-corrected chi connectivity index (χ0v) is 20.8. The van der Waals surface area contributed by atoms with Gasteiger partial charge >= 0.3 is 0 Å². The Morgan fingerprint density at radius 3 is 2.71 bits per heavy atom. The number of nitrogens with zero attached hydrogens (tertiary/aromatic N) is 3. The van der Waals surface area contributed by atoms with Gasteiger partial charge in [0.25, 0.3) is 5.91 Å². The number of fused-ring (bicyclic) bond motifs is 1. The predicted molar refractivity (Wildman–Crippen MR) is 142 cm³/mol. The van der Waals surface area contributed by atoms with Crippen molar-refractivity contribution in [2.45, 2.75) is 48.6 Å². The smallest absolute Gasteiger partial charge is 0.252 e. The first-order chi connectivity index (χ1) is 17.1. The van der Waals surface area contributed by atoms with Crippen molar-refractivity contribution >= 4 is 40.7 Å². The van der Waals surface area contributed by atoms with Gasteiger partial charge in [0.15, 0.2) is 0 Å². The van der Waals surface area contributed by atoms with Gasteiger partial charge in [-0.05, 0) is 67.5 Å². The van der Waals surface area contributed by atoms with Gasteiger partial charge in [-0.3, -0.25) is 9.78 Å². The fourth-order valence-electron chi connectivity index (χ4n) is 3.90. The van der Waals surface area contributed by atoms with E-state index in [9.17, 15) is 9.90 Å². The predicted octanol–water partition coefficient (Wildman–Crippen LogP) is 6.18. The number of unbranched alkanes of at least 4 members (excludes halogenated alkanes) is 2. The van der Waals surface area contributed by atoms with E-state index in [1.54, 1.807) is 17.9 Å². The minimum atomic E-state index is -0.709. The SMILES string of the molecule is CCCCCC(O)n1nc(/C=C/c2ccccn2)c2ccc(Sc3ccccc3C(=O)NC)cc21. The summed E-state index contributed by atoms with van der Waals surface area (Å²) in [5.41, 5.74) is 3.11. The van der Waals surface area contributed by atoms with Crippen LogP contribution in [-0.4, -0.2) is 32.8 Å². The van der Waals surface area contributed by atoms with Crippen molar-refractivity contribution in [2.75, 3.05) is 7.05 Å². The number of hydrogen-bond donors (Lipinski definition) is 2. The van der Waals surface area contributed by atoms with Crippen LogP contribution in [-0.2, 0) is 0 Å². The Kier molecular flexibility index (Phi) is 8.34. The van der Waals surface area contributed by atoms with Crippen molar-refractivity contribution in [3.63, 3.8) is 0 Å². The van der Waals surface area contributed by atoms with Gasteiger partial charge in [-0.2, -0.15) is 5.10 Å². The zero-order valence-electron chi connectivity index (χ0n) is 20.0. The summed E-state index contributed by atoms with van der Waals surface area (Å²) in [4.78, 5) is 18.5. The summed E-state index contributed by atoms with van der Waals surface area (Å²) in [6, 6.07) is 19.4. The van der Waals surface area contributed by atoms with Crippen molar-refractivity contribution < 1.29 is 9.90 Å². The van der Waals surface area contributed by atoms with Crippen molar-refractivity contribution in [1.82, 2.24) is 20.1 Å². The molecule has 0 saturated heterocycles. The molecule has 0 spiro atoms. The molecule has 180 valence electrons. The number of nitrogens with one attached hydrogen (secondary N) is 1. The standard InChI is InChI=1S/C28H30N4O2S/c1-3-4-5-13-27(33)32-25-19-21(35-26-12-7-6-11-23(26)28(34)29-2)15-16-22(25)24(31-32)17-14-20-10-8-9-18-30-20/h6-12,14-19,27,33H,3-5,13H2,1-2H3,(H,29,34)/b17-14+. The molecule has 1 unspecified atom stereocenters. The minimum Gasteiger partial charge on any atom is -0.372 e. The van der Waals surface area contributed by atoms with E-state index < -0.39 is 6.23 Å². The molecule has 0 aliphatic carbocycles. The summed E-state index contributed by atoms with van der Waals surface area (Å²) in [6.07, 6.45) is 8.66. The third-order valence-corrected chi connectivity index (χ3v) is 6.81. The highest BCUT2D eigenvalue weighted by Crippen LogP contribution is 2.34. The molecule has 0 fully saturated rings. The molecule has 35 heavy (non-hydrogen) atoms. The summed E-state index contributed by atoms with van der Waals surface area (Å²) in [6.45, 7) is 2.15. The van der Waals surface area contributed by atoms with Crippen LogP contribution < -0.4 is 5.32 Å². The van der Waals surface area contributed by atoms with Crippen LogP contribution in [0.15, 0.2) is 76.7 Å². The molecule has 4 rings (SSSR count). The number of hydrogen-bond acceptors (Lipinski definition) is 5. The topological polar surface area (TPSA) is 80.0 Å². The van der Waals surface area contributed by atoms with E-state index in [4.69, 9.17) is 5.10 Å². The van der Waals surface area contributed by atoms with Gasteiger partial charge in [0, 0.05) is 28.4 Å². The lowest BCUT2D eigenvalue weighted by Crippen LogP contribution is -2.18. The molecule has 2 N–H and O–H groups in total. The number of aromatic nitrogens is 3. The summed E-state index contributed by atoms with van der Waals surface area (Å²) < 4.78 is 1.72. The van der Waals surface area contributed by atoms with Gasteiger partial charge in [-0.25, -0.2) is 4.68 Å². The number of aliphatic hydroxyl groups excluding tert-OH is 1. The molecule has 2 aromatic heterocycles. The maximum Gasteiger partial charge on any atom is 0.252 e. The van der Waals surface area contributed by atoms with E-state index in [1.807, 2.05) is 72.8 Å². The summed E-state index contributed by atoms with van der Waals surface area (Å²) in [7, 11) is 1.63. The van der Waals surface area contributed by atoms with Crippen LogP contribution in [0.3, 0.4) is 0 Å². The number of carbonyl (C=O) groups is 1. The van der Waals surface area contributed by atoms with Gasteiger partial charge in [0.1, 0.15) is 6.23 Å². The van der Waals surface area contributed by atoms with Crippen molar-refractivity contribution in [2.24, 2.45) is 0 Å². The molecule has 4 aromatic rings. The first-order valence-corrected chi connectivity index (χ1v) is 12.7. The fraction of sp³-hybridized carbons (Fsp3) is 0.250. The highest BCUT2D eigenvalue weighted by atomic mass is 32.2. The average Bonchev–Trinajstić information content (AvgIpc) is 3.26. The summed E-state index contributed by atoms with van der Waals surface area (Å²) >= 11 is 1.52. The van der Waals surface area contributed by atoms with Crippen LogP contribution in [0.2, 0.25) is 0 Å². The normalized spacial score (nSPS) is 12.3. The van der Waals surface area contributed by atoms with Crippen LogP contribution >= 0.6 is 11.8 Å². The van der Waals surface area contributed by atoms with Gasteiger partial charge in [0.2, 0.25) is 0 Å². The highest BCUT2D eigenvalue weighted by Gasteiger charge is 2.17. The third kappa shape index (κ3) is 5.99. The molecule has 0 saturated carbocycles. The van der Waals surface area contributed by atoms with Gasteiger partial charge < -0.3 is 10.4 Å². The Morgan fingerprint density at radius 1 is 1.11 bits per heavy atom. The number of aliphatic hydroxyl groups is 1. The van der Waals surface area contributed by atoms with Gasteiger partial charge in [0.05, 0.1) is 22.5 Å². The lowest BCUT2D eigenvalue weighted by molar-refractivity contribution is 0.0831. The lowest BCUT2D eigenvalue weighted by atomic mass is 10.1. The largest absolute Gasteiger partial charge is 0.372 e. The minimum absolute atomic E-state index is 0.118. The van der Waals surface area contributed by atoms with Gasteiger partial charge in [-0.1, -0.05) is 49.7 Å². The number of benzene rings is 2. The number of rotatable bonds is 10. The lowest BCUT2D eigenvalue weighted by Gasteiger charge is -2.13. The second-order valence-corrected chi connectivity index (χ2v) is 9.37. The Balaban J connectivity index is 1.71. The Morgan fingerprint density at radius 2 is 1.94 bits per heavy atom. The fourth-order valence-corrected chi connectivity index (χ4v) is 4.88. The second-order valence-electron chi connectivity index (χ2n) is 8.25. The highest BCUT2D eigenvalue weighted by molar-refractivity contribution is 7.99. The Bertz CT molecular complexity index is 1320. The summed E-state index contributed by atoms with van der Waals surface area (Å²) in [5.74, 6) is -0.118. The maximum atomic E-state index is 12.3.